The van der Waals surface area contributed by atoms with Crippen molar-refractivity contribution in [1.29, 1.82) is 0 Å². The van der Waals surface area contributed by atoms with E-state index in [1.165, 1.54) is 4.90 Å². The van der Waals surface area contributed by atoms with Gasteiger partial charge in [-0.05, 0) is 42.7 Å². The molecule has 2 aromatic carbocycles. The van der Waals surface area contributed by atoms with Gasteiger partial charge in [0.25, 0.3) is 11.8 Å². The van der Waals surface area contributed by atoms with Crippen molar-refractivity contribution < 1.29 is 19.4 Å². The summed E-state index contributed by atoms with van der Waals surface area (Å²) in [6.45, 7) is 4.64. The van der Waals surface area contributed by atoms with Crippen LogP contribution < -0.4 is 9.64 Å². The Morgan fingerprint density at radius 2 is 1.72 bits per heavy atom. The van der Waals surface area contributed by atoms with Gasteiger partial charge in [0.15, 0.2) is 0 Å². The number of para-hydroxylation sites is 1. The summed E-state index contributed by atoms with van der Waals surface area (Å²) in [5, 5.41) is 9.36. The van der Waals surface area contributed by atoms with Crippen LogP contribution in [0.1, 0.15) is 24.5 Å². The van der Waals surface area contributed by atoms with Gasteiger partial charge in [-0.15, -0.1) is 0 Å². The minimum absolute atomic E-state index is 0.122. The summed E-state index contributed by atoms with van der Waals surface area (Å²) in [5.41, 5.74) is 2.66. The van der Waals surface area contributed by atoms with Crippen LogP contribution in [0.15, 0.2) is 54.2 Å². The standard InChI is InChI=1S/C23H26N2O4/c1-4-15-29-18-11-9-17(10-12-18)20-21(24(3)13-14-26)23(28)25(22(20)27)19-8-6-5-7-16(19)2/h5-12,26H,4,13-15H2,1-3H3. The van der Waals surface area contributed by atoms with Crippen LogP contribution in [-0.2, 0) is 9.59 Å². The van der Waals surface area contributed by atoms with E-state index in [4.69, 9.17) is 4.74 Å². The van der Waals surface area contributed by atoms with Crippen molar-refractivity contribution >= 4 is 23.1 Å². The van der Waals surface area contributed by atoms with Gasteiger partial charge in [-0.2, -0.15) is 0 Å². The summed E-state index contributed by atoms with van der Waals surface area (Å²) in [7, 11) is 1.71. The molecule has 0 spiro atoms. The maximum absolute atomic E-state index is 13.4. The Labute approximate surface area is 171 Å². The molecule has 0 radical (unpaired) electrons. The average molecular weight is 394 g/mol. The highest BCUT2D eigenvalue weighted by molar-refractivity contribution is 6.45. The molecular weight excluding hydrogens is 368 g/mol. The Morgan fingerprint density at radius 1 is 1.03 bits per heavy atom. The quantitative estimate of drug-likeness (QED) is 0.697. The number of rotatable bonds is 8. The number of likely N-dealkylation sites (N-methyl/N-ethyl adjacent to an activating group) is 1. The van der Waals surface area contributed by atoms with Gasteiger partial charge in [-0.25, -0.2) is 4.90 Å². The number of carbonyl (C=O) groups is 2. The highest BCUT2D eigenvalue weighted by atomic mass is 16.5. The predicted octanol–water partition coefficient (Wildman–Crippen LogP) is 2.99. The van der Waals surface area contributed by atoms with Crippen LogP contribution in [0, 0.1) is 6.92 Å². The molecule has 0 saturated heterocycles. The molecule has 0 aliphatic carbocycles. The third-order valence-corrected chi connectivity index (χ3v) is 4.85. The topological polar surface area (TPSA) is 70.1 Å². The first-order valence-electron chi connectivity index (χ1n) is 9.73. The molecule has 0 fully saturated rings. The maximum atomic E-state index is 13.4. The number of hydrogen-bond acceptors (Lipinski definition) is 5. The van der Waals surface area contributed by atoms with Gasteiger partial charge in [-0.3, -0.25) is 9.59 Å². The zero-order chi connectivity index (χ0) is 21.0. The van der Waals surface area contributed by atoms with Gasteiger partial charge in [0, 0.05) is 13.6 Å². The number of aliphatic hydroxyl groups is 1. The zero-order valence-electron chi connectivity index (χ0n) is 17.0. The second-order valence-corrected chi connectivity index (χ2v) is 6.97. The van der Waals surface area contributed by atoms with Crippen molar-refractivity contribution in [1.82, 2.24) is 4.90 Å². The number of amides is 2. The SMILES string of the molecule is CCCOc1ccc(C2=C(N(C)CCO)C(=O)N(c3ccccc3C)C2=O)cc1. The molecule has 0 atom stereocenters. The summed E-state index contributed by atoms with van der Waals surface area (Å²) in [6, 6.07) is 14.5. The highest BCUT2D eigenvalue weighted by Crippen LogP contribution is 2.35. The van der Waals surface area contributed by atoms with E-state index in [0.29, 0.717) is 29.2 Å². The fraction of sp³-hybridized carbons (Fsp3) is 0.304. The first-order chi connectivity index (χ1) is 14.0. The Bertz CT molecular complexity index is 934. The molecule has 152 valence electrons. The molecule has 1 N–H and O–H groups in total. The second-order valence-electron chi connectivity index (χ2n) is 6.97. The lowest BCUT2D eigenvalue weighted by atomic mass is 10.0. The molecule has 6 nitrogen and oxygen atoms in total. The molecule has 0 saturated carbocycles. The van der Waals surface area contributed by atoms with Crippen molar-refractivity contribution in [3.8, 4) is 5.75 Å². The number of aliphatic hydroxyl groups excluding tert-OH is 1. The van der Waals surface area contributed by atoms with Gasteiger partial charge in [0.2, 0.25) is 0 Å². The van der Waals surface area contributed by atoms with Crippen molar-refractivity contribution in [3.05, 3.63) is 65.4 Å². The van der Waals surface area contributed by atoms with E-state index in [1.54, 1.807) is 48.3 Å². The zero-order valence-corrected chi connectivity index (χ0v) is 17.0. The molecule has 2 amide bonds. The van der Waals surface area contributed by atoms with Crippen LogP contribution in [0.3, 0.4) is 0 Å². The summed E-state index contributed by atoms with van der Waals surface area (Å²) >= 11 is 0. The highest BCUT2D eigenvalue weighted by Gasteiger charge is 2.42. The van der Waals surface area contributed by atoms with Gasteiger partial charge < -0.3 is 14.7 Å². The number of anilines is 1. The lowest BCUT2D eigenvalue weighted by Gasteiger charge is -2.21. The van der Waals surface area contributed by atoms with Crippen molar-refractivity contribution in [2.24, 2.45) is 0 Å². The third kappa shape index (κ3) is 4.03. The van der Waals surface area contributed by atoms with E-state index in [1.807, 2.05) is 26.0 Å². The van der Waals surface area contributed by atoms with Crippen LogP contribution in [0.2, 0.25) is 0 Å². The molecule has 0 bridgehead atoms. The number of ether oxygens (including phenoxy) is 1. The van der Waals surface area contributed by atoms with Gasteiger partial charge >= 0.3 is 0 Å². The van der Waals surface area contributed by atoms with E-state index in [-0.39, 0.29) is 30.7 Å². The van der Waals surface area contributed by atoms with Gasteiger partial charge in [0.05, 0.1) is 24.5 Å². The first-order valence-corrected chi connectivity index (χ1v) is 9.73. The fourth-order valence-corrected chi connectivity index (χ4v) is 3.37. The summed E-state index contributed by atoms with van der Waals surface area (Å²) in [4.78, 5) is 29.5. The Balaban J connectivity index is 2.05. The lowest BCUT2D eigenvalue weighted by molar-refractivity contribution is -0.120. The number of hydrogen-bond donors (Lipinski definition) is 1. The second kappa shape index (κ2) is 8.92. The molecule has 0 aromatic heterocycles. The number of aryl methyl sites for hydroxylation is 1. The molecule has 6 heteroatoms. The van der Waals surface area contributed by atoms with E-state index >= 15 is 0 Å². The minimum Gasteiger partial charge on any atom is -0.494 e. The van der Waals surface area contributed by atoms with Crippen molar-refractivity contribution in [2.45, 2.75) is 20.3 Å². The smallest absolute Gasteiger partial charge is 0.282 e. The van der Waals surface area contributed by atoms with E-state index < -0.39 is 0 Å². The molecule has 1 aliphatic heterocycles. The third-order valence-electron chi connectivity index (χ3n) is 4.85. The van der Waals surface area contributed by atoms with Crippen LogP contribution >= 0.6 is 0 Å². The first kappa shape index (κ1) is 20.6. The normalized spacial score (nSPS) is 14.0. The number of benzene rings is 2. The summed E-state index contributed by atoms with van der Waals surface area (Å²) in [5.74, 6) is -0.0399. The molecule has 1 heterocycles. The molecule has 3 rings (SSSR count). The Hall–Kier alpha value is -3.12. The monoisotopic (exact) mass is 394 g/mol. The van der Waals surface area contributed by atoms with Crippen LogP contribution in [-0.4, -0.2) is 48.6 Å². The fourth-order valence-electron chi connectivity index (χ4n) is 3.37. The maximum Gasteiger partial charge on any atom is 0.282 e. The minimum atomic E-state index is -0.387. The van der Waals surface area contributed by atoms with Crippen molar-refractivity contribution in [2.75, 3.05) is 31.7 Å². The molecule has 2 aromatic rings. The number of nitrogens with zero attached hydrogens (tertiary/aromatic N) is 2. The molecular formula is C23H26N2O4. The van der Waals surface area contributed by atoms with Crippen LogP contribution in [0.5, 0.6) is 5.75 Å². The van der Waals surface area contributed by atoms with E-state index in [9.17, 15) is 14.7 Å². The largest absolute Gasteiger partial charge is 0.494 e. The van der Waals surface area contributed by atoms with Crippen LogP contribution in [0.25, 0.3) is 5.57 Å². The van der Waals surface area contributed by atoms with Crippen LogP contribution in [0.4, 0.5) is 5.69 Å². The predicted molar refractivity (Wildman–Crippen MR) is 113 cm³/mol. The van der Waals surface area contributed by atoms with E-state index in [0.717, 1.165) is 12.0 Å². The Morgan fingerprint density at radius 3 is 2.34 bits per heavy atom. The van der Waals surface area contributed by atoms with Crippen molar-refractivity contribution in [3.63, 3.8) is 0 Å². The van der Waals surface area contributed by atoms with E-state index in [2.05, 4.69) is 0 Å². The molecule has 1 aliphatic rings. The molecule has 0 unspecified atom stereocenters. The molecule has 29 heavy (non-hydrogen) atoms. The van der Waals surface area contributed by atoms with Gasteiger partial charge in [0.1, 0.15) is 11.4 Å². The number of carbonyl (C=O) groups excluding carboxylic acids is 2. The lowest BCUT2D eigenvalue weighted by Crippen LogP contribution is -2.35. The average Bonchev–Trinajstić information content (AvgIpc) is 2.98. The summed E-state index contributed by atoms with van der Waals surface area (Å²) in [6.07, 6.45) is 0.904. The number of imide groups is 1. The Kier molecular flexibility index (Phi) is 6.34. The summed E-state index contributed by atoms with van der Waals surface area (Å²) < 4.78 is 5.62. The van der Waals surface area contributed by atoms with Gasteiger partial charge in [-0.1, -0.05) is 37.3 Å².